The zero-order valence-corrected chi connectivity index (χ0v) is 30.1. The molecule has 258 valence electrons. The Bertz CT molecular complexity index is 3170. The van der Waals surface area contributed by atoms with E-state index in [-0.39, 0.29) is 0 Å². The van der Waals surface area contributed by atoms with Gasteiger partial charge in [-0.15, -0.1) is 0 Å². The van der Waals surface area contributed by atoms with Crippen LogP contribution in [0.2, 0.25) is 0 Å². The highest BCUT2D eigenvalue weighted by molar-refractivity contribution is 6.25. The van der Waals surface area contributed by atoms with E-state index >= 15 is 0 Å². The van der Waals surface area contributed by atoms with E-state index in [0.29, 0.717) is 23.0 Å². The largest absolute Gasteiger partial charge is 0.208 e. The lowest BCUT2D eigenvalue weighted by Crippen LogP contribution is -2.00. The third-order valence-electron chi connectivity index (χ3n) is 11.2. The van der Waals surface area contributed by atoms with E-state index in [1.807, 2.05) is 78.9 Å². The fourth-order valence-electron chi connectivity index (χ4n) is 8.66. The van der Waals surface area contributed by atoms with Crippen molar-refractivity contribution in [3.8, 4) is 84.7 Å². The van der Waals surface area contributed by atoms with Crippen molar-refractivity contribution < 1.29 is 0 Å². The van der Waals surface area contributed by atoms with Gasteiger partial charge in [-0.1, -0.05) is 176 Å². The molecule has 10 aromatic rings. The van der Waals surface area contributed by atoms with Gasteiger partial charge in [0.25, 0.3) is 0 Å². The summed E-state index contributed by atoms with van der Waals surface area (Å²) >= 11 is 0. The Kier molecular flexibility index (Phi) is 7.20. The summed E-state index contributed by atoms with van der Waals surface area (Å²) < 4.78 is 0. The Balaban J connectivity index is 1.19. The molecule has 0 saturated heterocycles. The molecule has 1 aromatic heterocycles. The third kappa shape index (κ3) is 4.89. The van der Waals surface area contributed by atoms with Crippen LogP contribution >= 0.6 is 0 Å². The lowest BCUT2D eigenvalue weighted by molar-refractivity contribution is 1.08. The average molecular weight is 711 g/mol. The number of benzene rings is 9. The molecule has 0 N–H and O–H groups in total. The maximum atomic E-state index is 10.0. The molecule has 0 aliphatic heterocycles. The van der Waals surface area contributed by atoms with Gasteiger partial charge in [0.15, 0.2) is 17.5 Å². The van der Waals surface area contributed by atoms with Crippen LogP contribution in [0.4, 0.5) is 0 Å². The Hall–Kier alpha value is -7.74. The molecule has 1 aliphatic carbocycles. The number of fused-ring (bicyclic) bond motifs is 5. The maximum absolute atomic E-state index is 10.0. The predicted octanol–water partition coefficient (Wildman–Crippen LogP) is 13.2. The number of aromatic nitrogens is 3. The van der Waals surface area contributed by atoms with Crippen LogP contribution < -0.4 is 0 Å². The number of hydrogen-bond acceptors (Lipinski definition) is 4. The van der Waals surface area contributed by atoms with E-state index < -0.39 is 0 Å². The van der Waals surface area contributed by atoms with Gasteiger partial charge in [0.2, 0.25) is 0 Å². The second kappa shape index (κ2) is 12.7. The standard InChI is InChI=1S/C52H30N4/c53-31-34-17-9-21-36-35(34)20-10-23-40(36)45-29-27-43-38-18-7-8-19-39(38)44-28-30-46(49(45)48(43)44)41-24-11-25-42-37(41)22-12-26-47(42)52-55-50(32-13-3-1-4-14-32)54-51(56-52)33-15-5-2-6-16-33/h1-30H. The summed E-state index contributed by atoms with van der Waals surface area (Å²) in [7, 11) is 0. The molecule has 0 unspecified atom stereocenters. The van der Waals surface area contributed by atoms with Crippen LogP contribution in [0.15, 0.2) is 182 Å². The minimum absolute atomic E-state index is 0.626. The Morgan fingerprint density at radius 2 is 0.661 bits per heavy atom. The quantitative estimate of drug-likeness (QED) is 0.178. The van der Waals surface area contributed by atoms with E-state index in [4.69, 9.17) is 15.0 Å². The first kappa shape index (κ1) is 31.8. The van der Waals surface area contributed by atoms with Gasteiger partial charge in [-0.25, -0.2) is 15.0 Å². The monoisotopic (exact) mass is 710 g/mol. The van der Waals surface area contributed by atoms with E-state index in [9.17, 15) is 5.26 Å². The molecule has 1 heterocycles. The molecule has 4 nitrogen and oxygen atoms in total. The lowest BCUT2D eigenvalue weighted by Gasteiger charge is -2.18. The topological polar surface area (TPSA) is 62.5 Å². The minimum Gasteiger partial charge on any atom is -0.208 e. The molecule has 0 amide bonds. The number of nitriles is 1. The highest BCUT2D eigenvalue weighted by Crippen LogP contribution is 2.53. The van der Waals surface area contributed by atoms with Crippen molar-refractivity contribution in [3.63, 3.8) is 0 Å². The first-order valence-electron chi connectivity index (χ1n) is 18.8. The van der Waals surface area contributed by atoms with Gasteiger partial charge in [0.05, 0.1) is 11.6 Å². The van der Waals surface area contributed by atoms with E-state index in [1.54, 1.807) is 0 Å². The number of nitrogens with zero attached hydrogens (tertiary/aromatic N) is 4. The molecule has 1 aliphatic rings. The Morgan fingerprint density at radius 3 is 1.18 bits per heavy atom. The lowest BCUT2D eigenvalue weighted by atomic mass is 9.85. The molecule has 0 bridgehead atoms. The fourth-order valence-corrected chi connectivity index (χ4v) is 8.66. The molecular formula is C52H30N4. The number of hydrogen-bond donors (Lipinski definition) is 0. The van der Waals surface area contributed by atoms with Gasteiger partial charge in [0.1, 0.15) is 0 Å². The highest BCUT2D eigenvalue weighted by Gasteiger charge is 2.26. The first-order chi connectivity index (χ1) is 27.7. The molecule has 0 saturated carbocycles. The maximum Gasteiger partial charge on any atom is 0.164 e. The van der Waals surface area contributed by atoms with Gasteiger partial charge in [-0.2, -0.15) is 5.26 Å². The van der Waals surface area contributed by atoms with Crippen molar-refractivity contribution in [2.45, 2.75) is 0 Å². The summed E-state index contributed by atoms with van der Waals surface area (Å²) in [4.78, 5) is 15.2. The molecule has 0 atom stereocenters. The van der Waals surface area contributed by atoms with Gasteiger partial charge in [-0.05, 0) is 77.5 Å². The number of rotatable bonds is 5. The molecular weight excluding hydrogens is 681 g/mol. The zero-order valence-electron chi connectivity index (χ0n) is 30.1. The summed E-state index contributed by atoms with van der Waals surface area (Å²) in [5.41, 5.74) is 13.0. The average Bonchev–Trinajstić information content (AvgIpc) is 3.60. The second-order valence-electron chi connectivity index (χ2n) is 14.2. The molecule has 4 heteroatoms. The predicted molar refractivity (Wildman–Crippen MR) is 229 cm³/mol. The highest BCUT2D eigenvalue weighted by atomic mass is 15.0. The van der Waals surface area contributed by atoms with Crippen LogP contribution in [0.1, 0.15) is 5.56 Å². The molecule has 9 aromatic carbocycles. The third-order valence-corrected chi connectivity index (χ3v) is 11.2. The van der Waals surface area contributed by atoms with Gasteiger partial charge < -0.3 is 0 Å². The van der Waals surface area contributed by atoms with E-state index in [0.717, 1.165) is 60.5 Å². The van der Waals surface area contributed by atoms with Crippen LogP contribution in [0.3, 0.4) is 0 Å². The van der Waals surface area contributed by atoms with Crippen molar-refractivity contribution in [3.05, 3.63) is 188 Å². The Morgan fingerprint density at radius 1 is 0.286 bits per heavy atom. The molecule has 0 spiro atoms. The van der Waals surface area contributed by atoms with Gasteiger partial charge in [0, 0.05) is 22.1 Å². The van der Waals surface area contributed by atoms with Crippen molar-refractivity contribution in [2.75, 3.05) is 0 Å². The van der Waals surface area contributed by atoms with Gasteiger partial charge >= 0.3 is 0 Å². The van der Waals surface area contributed by atoms with Crippen LogP contribution in [-0.4, -0.2) is 15.0 Å². The molecule has 0 radical (unpaired) electrons. The normalized spacial score (nSPS) is 11.6. The van der Waals surface area contributed by atoms with Gasteiger partial charge in [-0.3, -0.25) is 0 Å². The summed E-state index contributed by atoms with van der Waals surface area (Å²) in [6, 6.07) is 65.8. The van der Waals surface area contributed by atoms with Crippen LogP contribution in [0.25, 0.3) is 111 Å². The smallest absolute Gasteiger partial charge is 0.164 e. The summed E-state index contributed by atoms with van der Waals surface area (Å²) in [5, 5.41) is 16.7. The summed E-state index contributed by atoms with van der Waals surface area (Å²) in [6.45, 7) is 0. The van der Waals surface area contributed by atoms with Crippen LogP contribution in [-0.2, 0) is 0 Å². The van der Waals surface area contributed by atoms with Crippen LogP contribution in [0, 0.1) is 11.3 Å². The van der Waals surface area contributed by atoms with E-state index in [1.165, 1.54) is 33.0 Å². The van der Waals surface area contributed by atoms with Crippen LogP contribution in [0.5, 0.6) is 0 Å². The minimum atomic E-state index is 0.626. The van der Waals surface area contributed by atoms with Crippen molar-refractivity contribution in [1.29, 1.82) is 5.26 Å². The van der Waals surface area contributed by atoms with Crippen molar-refractivity contribution in [2.24, 2.45) is 0 Å². The van der Waals surface area contributed by atoms with Crippen molar-refractivity contribution >= 4 is 32.3 Å². The molecule has 0 fully saturated rings. The summed E-state index contributed by atoms with van der Waals surface area (Å²) in [6.07, 6.45) is 0. The van der Waals surface area contributed by atoms with E-state index in [2.05, 4.69) is 109 Å². The second-order valence-corrected chi connectivity index (χ2v) is 14.2. The fraction of sp³-hybridized carbons (Fsp3) is 0. The molecule has 56 heavy (non-hydrogen) atoms. The SMILES string of the molecule is N#Cc1cccc2c(-c3ccc4c5c(ccc(-c6cccc7c(-c8nc(-c9ccccc9)nc(-c9ccccc9)n8)cccc67)c35)-c3ccccc3-4)cccc12. The molecule has 11 rings (SSSR count). The summed E-state index contributed by atoms with van der Waals surface area (Å²) in [5.74, 6) is 1.89. The zero-order chi connectivity index (χ0) is 37.2. The van der Waals surface area contributed by atoms with Crippen molar-refractivity contribution in [1.82, 2.24) is 15.0 Å². The first-order valence-corrected chi connectivity index (χ1v) is 18.8. The Labute approximate surface area is 323 Å².